The number of carbonyl (C=O) groups is 3. The van der Waals surface area contributed by atoms with Gasteiger partial charge in [0.15, 0.2) is 0 Å². The molecule has 0 aromatic heterocycles. The summed E-state index contributed by atoms with van der Waals surface area (Å²) < 4.78 is 0. The highest BCUT2D eigenvalue weighted by molar-refractivity contribution is 5.82. The third-order valence-corrected chi connectivity index (χ3v) is 5.84. The molecule has 1 saturated heterocycles. The maximum absolute atomic E-state index is 12.6. The SMILES string of the molecule is CC(C)NC(=O)C1CCCN(C(=O)CCCC(=O)N2CCc3ccccc3C2)C1. The molecule has 1 unspecified atom stereocenters. The summed E-state index contributed by atoms with van der Waals surface area (Å²) in [6, 6.07) is 8.38. The Morgan fingerprint density at radius 2 is 1.72 bits per heavy atom. The number of hydrogen-bond acceptors (Lipinski definition) is 3. The van der Waals surface area contributed by atoms with Crippen molar-refractivity contribution in [3.63, 3.8) is 0 Å². The first-order chi connectivity index (χ1) is 13.9. The molecule has 1 fully saturated rings. The number of benzene rings is 1. The van der Waals surface area contributed by atoms with Gasteiger partial charge in [0, 0.05) is 45.1 Å². The van der Waals surface area contributed by atoms with Gasteiger partial charge in [-0.1, -0.05) is 24.3 Å². The molecule has 0 radical (unpaired) electrons. The van der Waals surface area contributed by atoms with Crippen molar-refractivity contribution < 1.29 is 14.4 Å². The fourth-order valence-corrected chi connectivity index (χ4v) is 4.24. The lowest BCUT2D eigenvalue weighted by atomic mass is 9.96. The van der Waals surface area contributed by atoms with Gasteiger partial charge in [-0.2, -0.15) is 0 Å². The second kappa shape index (κ2) is 9.90. The maximum atomic E-state index is 12.6. The van der Waals surface area contributed by atoms with E-state index in [1.807, 2.05) is 30.9 Å². The summed E-state index contributed by atoms with van der Waals surface area (Å²) in [6.45, 7) is 6.52. The molecule has 0 saturated carbocycles. The van der Waals surface area contributed by atoms with Crippen LogP contribution in [0.15, 0.2) is 24.3 Å². The molecule has 2 heterocycles. The Labute approximate surface area is 173 Å². The standard InChI is InChI=1S/C23H33N3O3/c1-17(2)24-23(29)20-9-6-13-25(16-20)21(27)10-5-11-22(28)26-14-12-18-7-3-4-8-19(18)15-26/h3-4,7-8,17,20H,5-6,9-16H2,1-2H3,(H,24,29). The molecular formula is C23H33N3O3. The maximum Gasteiger partial charge on any atom is 0.225 e. The van der Waals surface area contributed by atoms with Crippen molar-refractivity contribution in [2.45, 2.75) is 65.0 Å². The van der Waals surface area contributed by atoms with Crippen molar-refractivity contribution in [1.29, 1.82) is 0 Å². The number of fused-ring (bicyclic) bond motifs is 1. The highest BCUT2D eigenvalue weighted by Crippen LogP contribution is 2.21. The lowest BCUT2D eigenvalue weighted by Crippen LogP contribution is -2.46. The molecule has 1 N–H and O–H groups in total. The summed E-state index contributed by atoms with van der Waals surface area (Å²) in [5.74, 6) is 0.104. The van der Waals surface area contributed by atoms with Crippen LogP contribution in [0.2, 0.25) is 0 Å². The Balaban J connectivity index is 1.41. The first kappa shape index (κ1) is 21.3. The molecule has 158 valence electrons. The molecule has 6 nitrogen and oxygen atoms in total. The van der Waals surface area contributed by atoms with E-state index in [1.165, 1.54) is 11.1 Å². The quantitative estimate of drug-likeness (QED) is 0.799. The predicted molar refractivity (Wildman–Crippen MR) is 112 cm³/mol. The minimum Gasteiger partial charge on any atom is -0.354 e. The molecule has 2 aliphatic rings. The molecule has 2 aliphatic heterocycles. The number of hydrogen-bond donors (Lipinski definition) is 1. The van der Waals surface area contributed by atoms with Crippen molar-refractivity contribution >= 4 is 17.7 Å². The third-order valence-electron chi connectivity index (χ3n) is 5.84. The Kier molecular flexibility index (Phi) is 7.29. The largest absolute Gasteiger partial charge is 0.354 e. The van der Waals surface area contributed by atoms with Crippen LogP contribution in [0.25, 0.3) is 0 Å². The van der Waals surface area contributed by atoms with E-state index >= 15 is 0 Å². The van der Waals surface area contributed by atoms with Crippen LogP contribution in [0.4, 0.5) is 0 Å². The van der Waals surface area contributed by atoms with E-state index in [-0.39, 0.29) is 29.7 Å². The number of amides is 3. The van der Waals surface area contributed by atoms with E-state index in [0.29, 0.717) is 38.9 Å². The van der Waals surface area contributed by atoms with Crippen molar-refractivity contribution in [2.75, 3.05) is 19.6 Å². The third kappa shape index (κ3) is 5.81. The molecule has 6 heteroatoms. The Bertz CT molecular complexity index is 747. The van der Waals surface area contributed by atoms with Gasteiger partial charge in [-0.25, -0.2) is 0 Å². The molecule has 29 heavy (non-hydrogen) atoms. The van der Waals surface area contributed by atoms with Gasteiger partial charge in [0.05, 0.1) is 5.92 Å². The van der Waals surface area contributed by atoms with Gasteiger partial charge >= 0.3 is 0 Å². The smallest absolute Gasteiger partial charge is 0.225 e. The van der Waals surface area contributed by atoms with E-state index in [4.69, 9.17) is 0 Å². The summed E-state index contributed by atoms with van der Waals surface area (Å²) in [4.78, 5) is 41.1. The number of nitrogens with zero attached hydrogens (tertiary/aromatic N) is 2. The van der Waals surface area contributed by atoms with Crippen LogP contribution in [0, 0.1) is 5.92 Å². The lowest BCUT2D eigenvalue weighted by Gasteiger charge is -2.32. The normalized spacial score (nSPS) is 19.1. The molecule has 1 aromatic carbocycles. The number of likely N-dealkylation sites (tertiary alicyclic amines) is 1. The van der Waals surface area contributed by atoms with Crippen LogP contribution >= 0.6 is 0 Å². The minimum absolute atomic E-state index is 0.0399. The van der Waals surface area contributed by atoms with Gasteiger partial charge in [0.1, 0.15) is 0 Å². The Morgan fingerprint density at radius 1 is 1.03 bits per heavy atom. The minimum atomic E-state index is -0.120. The zero-order chi connectivity index (χ0) is 20.8. The highest BCUT2D eigenvalue weighted by Gasteiger charge is 2.28. The van der Waals surface area contributed by atoms with Crippen LogP contribution in [0.3, 0.4) is 0 Å². The molecule has 1 atom stereocenters. The van der Waals surface area contributed by atoms with Crippen LogP contribution in [-0.4, -0.2) is 53.2 Å². The summed E-state index contributed by atoms with van der Waals surface area (Å²) in [5, 5.41) is 2.95. The fourth-order valence-electron chi connectivity index (χ4n) is 4.24. The molecular weight excluding hydrogens is 366 g/mol. The zero-order valence-corrected chi connectivity index (χ0v) is 17.7. The number of rotatable bonds is 6. The zero-order valence-electron chi connectivity index (χ0n) is 17.7. The van der Waals surface area contributed by atoms with E-state index in [1.54, 1.807) is 4.90 Å². The summed E-state index contributed by atoms with van der Waals surface area (Å²) in [5.41, 5.74) is 2.55. The van der Waals surface area contributed by atoms with Crippen LogP contribution in [0.1, 0.15) is 57.1 Å². The second-order valence-corrected chi connectivity index (χ2v) is 8.53. The monoisotopic (exact) mass is 399 g/mol. The van der Waals surface area contributed by atoms with Crippen molar-refractivity contribution in [1.82, 2.24) is 15.1 Å². The van der Waals surface area contributed by atoms with Gasteiger partial charge in [-0.15, -0.1) is 0 Å². The van der Waals surface area contributed by atoms with E-state index in [9.17, 15) is 14.4 Å². The molecule has 0 bridgehead atoms. The molecule has 0 spiro atoms. The Hall–Kier alpha value is -2.37. The number of nitrogens with one attached hydrogen (secondary N) is 1. The molecule has 3 rings (SSSR count). The summed E-state index contributed by atoms with van der Waals surface area (Å²) in [6.07, 6.45) is 3.92. The fraction of sp³-hybridized carbons (Fsp3) is 0.609. The van der Waals surface area contributed by atoms with Crippen molar-refractivity contribution in [3.05, 3.63) is 35.4 Å². The predicted octanol–water partition coefficient (Wildman–Crippen LogP) is 2.50. The van der Waals surface area contributed by atoms with Gasteiger partial charge in [0.2, 0.25) is 17.7 Å². The summed E-state index contributed by atoms with van der Waals surface area (Å²) >= 11 is 0. The average Bonchev–Trinajstić information content (AvgIpc) is 2.72. The molecule has 0 aliphatic carbocycles. The second-order valence-electron chi connectivity index (χ2n) is 8.53. The van der Waals surface area contributed by atoms with E-state index in [0.717, 1.165) is 25.8 Å². The molecule has 3 amide bonds. The van der Waals surface area contributed by atoms with E-state index < -0.39 is 0 Å². The average molecular weight is 400 g/mol. The molecule has 1 aromatic rings. The first-order valence-corrected chi connectivity index (χ1v) is 10.9. The van der Waals surface area contributed by atoms with Gasteiger partial charge in [-0.3, -0.25) is 14.4 Å². The highest BCUT2D eigenvalue weighted by atomic mass is 16.2. The first-order valence-electron chi connectivity index (χ1n) is 10.9. The van der Waals surface area contributed by atoms with Crippen LogP contribution < -0.4 is 5.32 Å². The Morgan fingerprint density at radius 3 is 2.45 bits per heavy atom. The topological polar surface area (TPSA) is 69.7 Å². The summed E-state index contributed by atoms with van der Waals surface area (Å²) in [7, 11) is 0. The lowest BCUT2D eigenvalue weighted by molar-refractivity contribution is -0.136. The van der Waals surface area contributed by atoms with Gasteiger partial charge in [0.25, 0.3) is 0 Å². The van der Waals surface area contributed by atoms with Crippen molar-refractivity contribution in [2.24, 2.45) is 5.92 Å². The van der Waals surface area contributed by atoms with Gasteiger partial charge < -0.3 is 15.1 Å². The van der Waals surface area contributed by atoms with Gasteiger partial charge in [-0.05, 0) is 50.7 Å². The van der Waals surface area contributed by atoms with E-state index in [2.05, 4.69) is 17.4 Å². The van der Waals surface area contributed by atoms with Crippen LogP contribution in [-0.2, 0) is 27.3 Å². The number of carbonyl (C=O) groups excluding carboxylic acids is 3. The van der Waals surface area contributed by atoms with Crippen molar-refractivity contribution in [3.8, 4) is 0 Å². The number of piperidine rings is 1. The van der Waals surface area contributed by atoms with Crippen LogP contribution in [0.5, 0.6) is 0 Å².